The molecule has 4 heteroatoms. The molecule has 0 aromatic rings. The summed E-state index contributed by atoms with van der Waals surface area (Å²) >= 11 is 0. The number of urea groups is 1. The normalized spacial score (nSPS) is 30.5. The number of nitrogens with two attached hydrogens (primary N) is 1. The third-order valence-corrected chi connectivity index (χ3v) is 4.19. The van der Waals surface area contributed by atoms with Gasteiger partial charge in [-0.3, -0.25) is 0 Å². The summed E-state index contributed by atoms with van der Waals surface area (Å²) in [5, 5.41) is 0. The van der Waals surface area contributed by atoms with Crippen molar-refractivity contribution < 1.29 is 4.79 Å². The highest BCUT2D eigenvalue weighted by atomic mass is 16.2. The largest absolute Gasteiger partial charge is 0.330 e. The van der Waals surface area contributed by atoms with E-state index >= 15 is 0 Å². The maximum absolute atomic E-state index is 12.4. The highest BCUT2D eigenvalue weighted by molar-refractivity contribution is 5.75. The van der Waals surface area contributed by atoms with Crippen LogP contribution in [0.1, 0.15) is 39.0 Å². The Morgan fingerprint density at radius 1 is 1.24 bits per heavy atom. The summed E-state index contributed by atoms with van der Waals surface area (Å²) in [4.78, 5) is 16.5. The van der Waals surface area contributed by atoms with Crippen LogP contribution in [0.3, 0.4) is 0 Å². The zero-order valence-electron chi connectivity index (χ0n) is 10.9. The molecule has 2 saturated heterocycles. The second kappa shape index (κ2) is 5.71. The van der Waals surface area contributed by atoms with Crippen molar-refractivity contribution in [3.8, 4) is 0 Å². The average Bonchev–Trinajstić information content (AvgIpc) is 2.39. The minimum absolute atomic E-state index is 0.246. The molecular weight excluding hydrogens is 214 g/mol. The molecule has 2 heterocycles. The summed E-state index contributed by atoms with van der Waals surface area (Å²) in [7, 11) is 0. The SMILES string of the molecule is CC1CCC(CN)CN1C(=O)N1CCCCC1. The lowest BCUT2D eigenvalue weighted by molar-refractivity contribution is 0.0970. The molecule has 2 amide bonds. The predicted octanol–water partition coefficient (Wildman–Crippen LogP) is 1.65. The molecule has 2 aliphatic heterocycles. The Labute approximate surface area is 104 Å². The zero-order chi connectivity index (χ0) is 12.3. The second-order valence-electron chi connectivity index (χ2n) is 5.51. The smallest absolute Gasteiger partial charge is 0.320 e. The topological polar surface area (TPSA) is 49.6 Å². The lowest BCUT2D eigenvalue weighted by Crippen LogP contribution is -2.53. The highest BCUT2D eigenvalue weighted by Crippen LogP contribution is 2.23. The summed E-state index contributed by atoms with van der Waals surface area (Å²) < 4.78 is 0. The van der Waals surface area contributed by atoms with Gasteiger partial charge in [0, 0.05) is 25.7 Å². The van der Waals surface area contributed by atoms with E-state index in [1.165, 1.54) is 12.8 Å². The van der Waals surface area contributed by atoms with E-state index in [1.54, 1.807) is 0 Å². The van der Waals surface area contributed by atoms with Crippen LogP contribution >= 0.6 is 0 Å². The van der Waals surface area contributed by atoms with Gasteiger partial charge in [-0.2, -0.15) is 0 Å². The van der Waals surface area contributed by atoms with Crippen molar-refractivity contribution in [3.05, 3.63) is 0 Å². The van der Waals surface area contributed by atoms with E-state index in [1.807, 2.05) is 9.80 Å². The number of rotatable bonds is 1. The molecule has 0 bridgehead atoms. The first-order valence-corrected chi connectivity index (χ1v) is 6.98. The number of hydrogen-bond donors (Lipinski definition) is 1. The van der Waals surface area contributed by atoms with Crippen molar-refractivity contribution in [1.82, 2.24) is 9.80 Å². The Kier molecular flexibility index (Phi) is 4.26. The van der Waals surface area contributed by atoms with Crippen molar-refractivity contribution in [1.29, 1.82) is 0 Å². The minimum atomic E-state index is 0.246. The summed E-state index contributed by atoms with van der Waals surface area (Å²) in [6, 6.07) is 0.627. The van der Waals surface area contributed by atoms with Gasteiger partial charge in [-0.15, -0.1) is 0 Å². The van der Waals surface area contributed by atoms with Gasteiger partial charge in [-0.1, -0.05) is 0 Å². The van der Waals surface area contributed by atoms with E-state index in [-0.39, 0.29) is 6.03 Å². The van der Waals surface area contributed by atoms with Crippen molar-refractivity contribution in [2.75, 3.05) is 26.2 Å². The fourth-order valence-corrected chi connectivity index (χ4v) is 2.91. The van der Waals surface area contributed by atoms with E-state index in [0.29, 0.717) is 18.5 Å². The Hall–Kier alpha value is -0.770. The van der Waals surface area contributed by atoms with Crippen LogP contribution < -0.4 is 5.73 Å². The molecule has 2 atom stereocenters. The fraction of sp³-hybridized carbons (Fsp3) is 0.923. The van der Waals surface area contributed by atoms with Crippen LogP contribution in [-0.2, 0) is 0 Å². The third-order valence-electron chi connectivity index (χ3n) is 4.19. The van der Waals surface area contributed by atoms with Crippen LogP contribution in [0.25, 0.3) is 0 Å². The molecule has 0 aliphatic carbocycles. The number of piperidine rings is 2. The van der Waals surface area contributed by atoms with Crippen molar-refractivity contribution in [2.45, 2.75) is 45.1 Å². The Morgan fingerprint density at radius 3 is 2.59 bits per heavy atom. The molecule has 0 aromatic heterocycles. The molecule has 17 heavy (non-hydrogen) atoms. The number of hydrogen-bond acceptors (Lipinski definition) is 2. The molecule has 2 fully saturated rings. The van der Waals surface area contributed by atoms with Gasteiger partial charge in [0.2, 0.25) is 0 Å². The molecule has 98 valence electrons. The fourth-order valence-electron chi connectivity index (χ4n) is 2.91. The maximum atomic E-state index is 12.4. The van der Waals surface area contributed by atoms with Crippen LogP contribution in [0.4, 0.5) is 4.79 Å². The molecule has 0 saturated carbocycles. The molecule has 2 aliphatic rings. The molecule has 4 nitrogen and oxygen atoms in total. The van der Waals surface area contributed by atoms with Crippen molar-refractivity contribution >= 4 is 6.03 Å². The predicted molar refractivity (Wildman–Crippen MR) is 68.8 cm³/mol. The number of likely N-dealkylation sites (tertiary alicyclic amines) is 2. The maximum Gasteiger partial charge on any atom is 0.320 e. The van der Waals surface area contributed by atoms with Crippen LogP contribution in [0.15, 0.2) is 0 Å². The summed E-state index contributed by atoms with van der Waals surface area (Å²) in [5.74, 6) is 0.500. The van der Waals surface area contributed by atoms with Crippen LogP contribution in [0.5, 0.6) is 0 Å². The second-order valence-corrected chi connectivity index (χ2v) is 5.51. The summed E-state index contributed by atoms with van der Waals surface area (Å²) in [6.45, 7) is 5.60. The number of carbonyl (C=O) groups is 1. The lowest BCUT2D eigenvalue weighted by Gasteiger charge is -2.41. The molecule has 2 rings (SSSR count). The molecule has 0 aromatic carbocycles. The number of amides is 2. The van der Waals surface area contributed by atoms with Gasteiger partial charge in [0.25, 0.3) is 0 Å². The van der Waals surface area contributed by atoms with Gasteiger partial charge < -0.3 is 15.5 Å². The zero-order valence-corrected chi connectivity index (χ0v) is 10.9. The first-order valence-electron chi connectivity index (χ1n) is 6.98. The standard InChI is InChI=1S/C13H25N3O/c1-11-5-6-12(9-14)10-16(11)13(17)15-7-3-2-4-8-15/h11-12H,2-10,14H2,1H3. The van der Waals surface area contributed by atoms with Crippen molar-refractivity contribution in [2.24, 2.45) is 11.7 Å². The quantitative estimate of drug-likeness (QED) is 0.756. The van der Waals surface area contributed by atoms with Gasteiger partial charge in [-0.05, 0) is 51.5 Å². The van der Waals surface area contributed by atoms with E-state index < -0.39 is 0 Å². The molecule has 0 spiro atoms. The van der Waals surface area contributed by atoms with Gasteiger partial charge >= 0.3 is 6.03 Å². The molecule has 2 N–H and O–H groups in total. The van der Waals surface area contributed by atoms with Crippen LogP contribution in [0.2, 0.25) is 0 Å². The molecule has 2 unspecified atom stereocenters. The van der Waals surface area contributed by atoms with Crippen LogP contribution in [-0.4, -0.2) is 48.1 Å². The summed E-state index contributed by atoms with van der Waals surface area (Å²) in [6.07, 6.45) is 5.86. The first kappa shape index (κ1) is 12.7. The third kappa shape index (κ3) is 2.92. The first-order chi connectivity index (χ1) is 8.22. The Bertz CT molecular complexity index is 263. The van der Waals surface area contributed by atoms with E-state index in [9.17, 15) is 4.79 Å². The van der Waals surface area contributed by atoms with Gasteiger partial charge in [0.05, 0.1) is 0 Å². The average molecular weight is 239 g/mol. The lowest BCUT2D eigenvalue weighted by atomic mass is 9.94. The van der Waals surface area contributed by atoms with Gasteiger partial charge in [-0.25, -0.2) is 4.79 Å². The minimum Gasteiger partial charge on any atom is -0.330 e. The van der Waals surface area contributed by atoms with Gasteiger partial charge in [0.1, 0.15) is 0 Å². The summed E-state index contributed by atoms with van der Waals surface area (Å²) in [5.41, 5.74) is 5.74. The van der Waals surface area contributed by atoms with Crippen LogP contribution in [0, 0.1) is 5.92 Å². The monoisotopic (exact) mass is 239 g/mol. The Balaban J connectivity index is 1.95. The number of nitrogens with zero attached hydrogens (tertiary/aromatic N) is 2. The van der Waals surface area contributed by atoms with Gasteiger partial charge in [0.15, 0.2) is 0 Å². The molecular formula is C13H25N3O. The van der Waals surface area contributed by atoms with Crippen molar-refractivity contribution in [3.63, 3.8) is 0 Å². The molecule has 0 radical (unpaired) electrons. The highest BCUT2D eigenvalue weighted by Gasteiger charge is 2.31. The van der Waals surface area contributed by atoms with E-state index in [2.05, 4.69) is 6.92 Å². The van der Waals surface area contributed by atoms with E-state index in [4.69, 9.17) is 5.73 Å². The number of carbonyl (C=O) groups excluding carboxylic acids is 1. The Morgan fingerprint density at radius 2 is 1.94 bits per heavy atom. The van der Waals surface area contributed by atoms with E-state index in [0.717, 1.165) is 38.9 Å².